The lowest BCUT2D eigenvalue weighted by atomic mass is 10.0. The van der Waals surface area contributed by atoms with Gasteiger partial charge in [0.2, 0.25) is 0 Å². The van der Waals surface area contributed by atoms with Gasteiger partial charge in [-0.05, 0) is 72.3 Å². The molecule has 0 aliphatic heterocycles. The molecule has 1 aliphatic carbocycles. The molecule has 1 aliphatic rings. The van der Waals surface area contributed by atoms with Crippen molar-refractivity contribution in [1.29, 1.82) is 0 Å². The summed E-state index contributed by atoms with van der Waals surface area (Å²) in [6, 6.07) is 12.4. The number of nitrogens with two attached hydrogens (primary N) is 1. The summed E-state index contributed by atoms with van der Waals surface area (Å²) in [5.74, 6) is 0. The molecule has 0 aromatic heterocycles. The van der Waals surface area contributed by atoms with Crippen LogP contribution in [-0.2, 0) is 0 Å². The van der Waals surface area contributed by atoms with Crippen LogP contribution in [0.25, 0.3) is 17.7 Å². The van der Waals surface area contributed by atoms with Crippen LogP contribution in [0.2, 0.25) is 0 Å². The van der Waals surface area contributed by atoms with Crippen LogP contribution >= 0.6 is 31.9 Å². The van der Waals surface area contributed by atoms with Crippen LogP contribution < -0.4 is 5.73 Å². The minimum Gasteiger partial charge on any atom is -0.397 e. The second-order valence-corrected chi connectivity index (χ2v) is 6.13. The maximum atomic E-state index is 5.91. The van der Waals surface area contributed by atoms with Gasteiger partial charge in [0.25, 0.3) is 0 Å². The maximum absolute atomic E-state index is 5.91. The highest BCUT2D eigenvalue weighted by molar-refractivity contribution is 9.11. The minimum atomic E-state index is 0.726. The Bertz CT molecular complexity index is 691. The predicted octanol–water partition coefficient (Wildman–Crippen LogP) is 5.36. The highest BCUT2D eigenvalue weighted by atomic mass is 79.9. The lowest BCUT2D eigenvalue weighted by Gasteiger charge is -2.05. The van der Waals surface area contributed by atoms with Crippen molar-refractivity contribution in [2.75, 3.05) is 5.73 Å². The van der Waals surface area contributed by atoms with Crippen LogP contribution in [0.3, 0.4) is 0 Å². The van der Waals surface area contributed by atoms with Crippen molar-refractivity contribution in [3.63, 3.8) is 0 Å². The molecule has 0 atom stereocenters. The Morgan fingerprint density at radius 2 is 1.63 bits per heavy atom. The van der Waals surface area contributed by atoms with Crippen LogP contribution in [0.4, 0.5) is 5.69 Å². The Morgan fingerprint density at radius 3 is 2.37 bits per heavy atom. The third kappa shape index (κ3) is 2.40. The number of hydrogen-bond acceptors (Lipinski definition) is 1. The molecular weight excluding hydrogens is 366 g/mol. The molecule has 19 heavy (non-hydrogen) atoms. The summed E-state index contributed by atoms with van der Waals surface area (Å²) in [6.45, 7) is 0. The van der Waals surface area contributed by atoms with Crippen molar-refractivity contribution in [2.45, 2.75) is 0 Å². The average Bonchev–Trinajstić information content (AvgIpc) is 2.79. The van der Waals surface area contributed by atoms with Gasteiger partial charge in [0, 0.05) is 8.95 Å². The largest absolute Gasteiger partial charge is 0.397 e. The average molecular weight is 377 g/mol. The SMILES string of the molecule is Nc1c(Br)cc(/C=C2\C=Cc3ccccc32)cc1Br. The van der Waals surface area contributed by atoms with Crippen LogP contribution in [-0.4, -0.2) is 0 Å². The number of allylic oxidation sites excluding steroid dienone is 2. The Hall–Kier alpha value is -1.32. The topological polar surface area (TPSA) is 26.0 Å². The molecular formula is C16H11Br2N. The van der Waals surface area contributed by atoms with E-state index in [9.17, 15) is 0 Å². The molecule has 0 bridgehead atoms. The number of nitrogen functional groups attached to an aromatic ring is 1. The van der Waals surface area contributed by atoms with Crippen molar-refractivity contribution in [2.24, 2.45) is 0 Å². The standard InChI is InChI=1S/C16H11Br2N/c17-14-8-10(9-15(18)16(14)19)7-12-6-5-11-3-1-2-4-13(11)12/h1-9H,19H2/b12-7+. The van der Waals surface area contributed by atoms with E-state index in [0.717, 1.165) is 20.2 Å². The summed E-state index contributed by atoms with van der Waals surface area (Å²) >= 11 is 6.95. The molecule has 0 saturated heterocycles. The van der Waals surface area contributed by atoms with Crippen molar-refractivity contribution in [3.05, 3.63) is 68.1 Å². The maximum Gasteiger partial charge on any atom is 0.0603 e. The number of hydrogen-bond donors (Lipinski definition) is 1. The van der Waals surface area contributed by atoms with Gasteiger partial charge in [-0.1, -0.05) is 36.4 Å². The van der Waals surface area contributed by atoms with Gasteiger partial charge in [0.05, 0.1) is 5.69 Å². The zero-order valence-electron chi connectivity index (χ0n) is 10.0. The molecule has 0 radical (unpaired) electrons. The van der Waals surface area contributed by atoms with Gasteiger partial charge in [0.1, 0.15) is 0 Å². The van der Waals surface area contributed by atoms with Crippen molar-refractivity contribution in [3.8, 4) is 0 Å². The van der Waals surface area contributed by atoms with E-state index < -0.39 is 0 Å². The van der Waals surface area contributed by atoms with Gasteiger partial charge >= 0.3 is 0 Å². The lowest BCUT2D eigenvalue weighted by Crippen LogP contribution is -1.89. The highest BCUT2D eigenvalue weighted by Crippen LogP contribution is 2.34. The number of rotatable bonds is 1. The van der Waals surface area contributed by atoms with Gasteiger partial charge in [-0.3, -0.25) is 0 Å². The normalized spacial score (nSPS) is 14.9. The van der Waals surface area contributed by atoms with Crippen LogP contribution in [0.15, 0.2) is 51.4 Å². The molecule has 0 spiro atoms. The molecule has 2 aromatic carbocycles. The summed E-state index contributed by atoms with van der Waals surface area (Å²) in [7, 11) is 0. The molecule has 0 heterocycles. The fourth-order valence-electron chi connectivity index (χ4n) is 2.17. The third-order valence-corrected chi connectivity index (χ3v) is 4.45. The van der Waals surface area contributed by atoms with Crippen molar-refractivity contribution >= 4 is 55.3 Å². The van der Waals surface area contributed by atoms with E-state index in [-0.39, 0.29) is 0 Å². The van der Waals surface area contributed by atoms with E-state index in [1.54, 1.807) is 0 Å². The smallest absolute Gasteiger partial charge is 0.0603 e. The molecule has 0 saturated carbocycles. The number of anilines is 1. The Morgan fingerprint density at radius 1 is 0.947 bits per heavy atom. The molecule has 3 rings (SSSR count). The van der Waals surface area contributed by atoms with Gasteiger partial charge in [0.15, 0.2) is 0 Å². The number of halogens is 2. The zero-order chi connectivity index (χ0) is 13.4. The van der Waals surface area contributed by atoms with E-state index in [0.29, 0.717) is 0 Å². The Kier molecular flexibility index (Phi) is 3.33. The first-order chi connectivity index (χ1) is 9.15. The second-order valence-electron chi connectivity index (χ2n) is 4.42. The first-order valence-electron chi connectivity index (χ1n) is 5.89. The molecule has 2 aromatic rings. The summed E-state index contributed by atoms with van der Waals surface area (Å²) in [6.07, 6.45) is 6.45. The molecule has 1 nitrogen and oxygen atoms in total. The summed E-state index contributed by atoms with van der Waals surface area (Å²) in [5, 5.41) is 0. The molecule has 3 heteroatoms. The van der Waals surface area contributed by atoms with Gasteiger partial charge in [-0.15, -0.1) is 0 Å². The summed E-state index contributed by atoms with van der Waals surface area (Å²) in [5.41, 5.74) is 11.5. The number of fused-ring (bicyclic) bond motifs is 1. The summed E-state index contributed by atoms with van der Waals surface area (Å²) < 4.78 is 1.81. The van der Waals surface area contributed by atoms with Crippen molar-refractivity contribution in [1.82, 2.24) is 0 Å². The first kappa shape index (κ1) is 12.7. The fourth-order valence-corrected chi connectivity index (χ4v) is 3.39. The quantitative estimate of drug-likeness (QED) is 0.666. The van der Waals surface area contributed by atoms with Gasteiger partial charge in [-0.25, -0.2) is 0 Å². The molecule has 0 unspecified atom stereocenters. The van der Waals surface area contributed by atoms with E-state index >= 15 is 0 Å². The van der Waals surface area contributed by atoms with Crippen LogP contribution in [0.1, 0.15) is 16.7 Å². The fraction of sp³-hybridized carbons (Fsp3) is 0. The summed E-state index contributed by atoms with van der Waals surface area (Å²) in [4.78, 5) is 0. The molecule has 0 amide bonds. The Labute approximate surface area is 129 Å². The monoisotopic (exact) mass is 375 g/mol. The minimum absolute atomic E-state index is 0.726. The molecule has 94 valence electrons. The van der Waals surface area contributed by atoms with E-state index in [2.05, 4.69) is 74.4 Å². The van der Waals surface area contributed by atoms with E-state index in [1.165, 1.54) is 16.7 Å². The van der Waals surface area contributed by atoms with Crippen LogP contribution in [0.5, 0.6) is 0 Å². The van der Waals surface area contributed by atoms with E-state index in [1.807, 2.05) is 12.1 Å². The first-order valence-corrected chi connectivity index (χ1v) is 7.47. The van der Waals surface area contributed by atoms with E-state index in [4.69, 9.17) is 5.73 Å². The van der Waals surface area contributed by atoms with Crippen LogP contribution in [0, 0.1) is 0 Å². The second kappa shape index (κ2) is 4.99. The predicted molar refractivity (Wildman–Crippen MR) is 89.6 cm³/mol. The molecule has 0 fully saturated rings. The van der Waals surface area contributed by atoms with Gasteiger partial charge in [-0.2, -0.15) is 0 Å². The van der Waals surface area contributed by atoms with Crippen molar-refractivity contribution < 1.29 is 0 Å². The third-order valence-electron chi connectivity index (χ3n) is 3.14. The highest BCUT2D eigenvalue weighted by Gasteiger charge is 2.10. The molecule has 2 N–H and O–H groups in total. The lowest BCUT2D eigenvalue weighted by molar-refractivity contribution is 1.55. The Balaban J connectivity index is 2.07. The number of benzene rings is 2. The zero-order valence-corrected chi connectivity index (χ0v) is 13.2. The van der Waals surface area contributed by atoms with Gasteiger partial charge < -0.3 is 5.73 Å².